The summed E-state index contributed by atoms with van der Waals surface area (Å²) in [6, 6.07) is 17.1. The molecule has 0 fully saturated rings. The molecule has 2 heterocycles. The topological polar surface area (TPSA) is 102 Å². The Hall–Kier alpha value is -3.96. The Balaban J connectivity index is 1.60. The summed E-state index contributed by atoms with van der Waals surface area (Å²) in [5.41, 5.74) is 1.70. The first-order valence-corrected chi connectivity index (χ1v) is 9.54. The van der Waals surface area contributed by atoms with Gasteiger partial charge in [-0.3, -0.25) is 19.5 Å². The largest absolute Gasteiger partial charge is 0.457 e. The Morgan fingerprint density at radius 1 is 1.20 bits per heavy atom. The van der Waals surface area contributed by atoms with Crippen LogP contribution in [0, 0.1) is 21.4 Å². The van der Waals surface area contributed by atoms with Crippen molar-refractivity contribution in [2.24, 2.45) is 0 Å². The zero-order chi connectivity index (χ0) is 21.3. The van der Waals surface area contributed by atoms with Crippen LogP contribution in [0.5, 0.6) is 0 Å². The van der Waals surface area contributed by atoms with Crippen molar-refractivity contribution in [1.82, 2.24) is 4.57 Å². The molecule has 0 atom stereocenters. The lowest BCUT2D eigenvalue weighted by Gasteiger charge is -2.01. The fraction of sp³-hybridized carbons (Fsp3) is 0. The smallest absolute Gasteiger partial charge is 0.270 e. The van der Waals surface area contributed by atoms with Gasteiger partial charge in [-0.1, -0.05) is 18.2 Å². The molecule has 0 saturated carbocycles. The molecule has 8 heteroatoms. The van der Waals surface area contributed by atoms with Crippen molar-refractivity contribution in [3.05, 3.63) is 92.8 Å². The lowest BCUT2D eigenvalue weighted by atomic mass is 10.1. The number of fused-ring (bicyclic) bond motifs is 1. The SMILES string of the molecule is N#Cc1cn(C(=O)/C=C/c2ccc(-c3ccc([N+](=O)[O-])cc3Br)o2)c2ccccc12. The maximum absolute atomic E-state index is 12.6. The molecule has 0 radical (unpaired) electrons. The van der Waals surface area contributed by atoms with Gasteiger partial charge in [0.15, 0.2) is 0 Å². The van der Waals surface area contributed by atoms with E-state index in [4.69, 9.17) is 4.42 Å². The predicted octanol–water partition coefficient (Wildman–Crippen LogP) is 5.80. The quantitative estimate of drug-likeness (QED) is 0.217. The van der Waals surface area contributed by atoms with Crippen molar-refractivity contribution in [1.29, 1.82) is 5.26 Å². The average molecular weight is 462 g/mol. The summed E-state index contributed by atoms with van der Waals surface area (Å²) >= 11 is 3.32. The van der Waals surface area contributed by atoms with E-state index in [0.29, 0.717) is 38.0 Å². The number of benzene rings is 2. The number of hydrogen-bond acceptors (Lipinski definition) is 5. The maximum Gasteiger partial charge on any atom is 0.270 e. The van der Waals surface area contributed by atoms with Gasteiger partial charge in [0, 0.05) is 39.8 Å². The fourth-order valence-electron chi connectivity index (χ4n) is 3.09. The number of furan rings is 1. The van der Waals surface area contributed by atoms with Gasteiger partial charge in [-0.05, 0) is 46.3 Å². The van der Waals surface area contributed by atoms with E-state index in [1.807, 2.05) is 6.07 Å². The second kappa shape index (κ2) is 7.81. The summed E-state index contributed by atoms with van der Waals surface area (Å²) in [5.74, 6) is 0.629. The third kappa shape index (κ3) is 3.54. The van der Waals surface area contributed by atoms with E-state index in [9.17, 15) is 20.2 Å². The molecule has 4 rings (SSSR count). The Morgan fingerprint density at radius 3 is 2.73 bits per heavy atom. The number of carbonyl (C=O) groups excluding carboxylic acids is 1. The van der Waals surface area contributed by atoms with Gasteiger partial charge >= 0.3 is 0 Å². The molecular formula is C22H12BrN3O4. The lowest BCUT2D eigenvalue weighted by molar-refractivity contribution is -0.384. The van der Waals surface area contributed by atoms with Crippen LogP contribution in [0.2, 0.25) is 0 Å². The first-order valence-electron chi connectivity index (χ1n) is 8.74. The van der Waals surface area contributed by atoms with Crippen molar-refractivity contribution in [2.75, 3.05) is 0 Å². The zero-order valence-electron chi connectivity index (χ0n) is 15.3. The molecule has 0 unspecified atom stereocenters. The number of allylic oxidation sites excluding steroid dienone is 1. The van der Waals surface area contributed by atoms with Crippen molar-refractivity contribution in [2.45, 2.75) is 0 Å². The Bertz CT molecular complexity index is 1370. The molecular weight excluding hydrogens is 450 g/mol. The lowest BCUT2D eigenvalue weighted by Crippen LogP contribution is -2.04. The molecule has 0 N–H and O–H groups in total. The molecule has 146 valence electrons. The van der Waals surface area contributed by atoms with Crippen LogP contribution in [0.25, 0.3) is 28.3 Å². The number of rotatable bonds is 4. The van der Waals surface area contributed by atoms with E-state index in [1.54, 1.807) is 36.4 Å². The highest BCUT2D eigenvalue weighted by molar-refractivity contribution is 9.10. The number of para-hydroxylation sites is 1. The van der Waals surface area contributed by atoms with Gasteiger partial charge in [0.25, 0.3) is 11.6 Å². The van der Waals surface area contributed by atoms with Crippen molar-refractivity contribution < 1.29 is 14.1 Å². The Labute approximate surface area is 178 Å². The van der Waals surface area contributed by atoms with E-state index in [-0.39, 0.29) is 11.6 Å². The minimum Gasteiger partial charge on any atom is -0.457 e. The van der Waals surface area contributed by atoms with E-state index in [1.165, 1.54) is 35.0 Å². The molecule has 0 bridgehead atoms. The first-order chi connectivity index (χ1) is 14.5. The average Bonchev–Trinajstić information content (AvgIpc) is 3.36. The van der Waals surface area contributed by atoms with Crippen molar-refractivity contribution in [3.8, 4) is 17.4 Å². The normalized spacial score (nSPS) is 11.1. The monoisotopic (exact) mass is 461 g/mol. The number of nitro benzene ring substituents is 1. The molecule has 0 aliphatic carbocycles. The van der Waals surface area contributed by atoms with Crippen LogP contribution in [0.4, 0.5) is 5.69 Å². The molecule has 2 aromatic carbocycles. The number of non-ortho nitro benzene ring substituents is 1. The van der Waals surface area contributed by atoms with Gasteiger partial charge in [0.1, 0.15) is 17.6 Å². The van der Waals surface area contributed by atoms with Crippen LogP contribution >= 0.6 is 15.9 Å². The van der Waals surface area contributed by atoms with Gasteiger partial charge in [0.2, 0.25) is 0 Å². The van der Waals surface area contributed by atoms with E-state index in [2.05, 4.69) is 22.0 Å². The fourth-order valence-corrected chi connectivity index (χ4v) is 3.65. The van der Waals surface area contributed by atoms with Crippen molar-refractivity contribution in [3.63, 3.8) is 0 Å². The van der Waals surface area contributed by atoms with Crippen LogP contribution in [-0.4, -0.2) is 15.4 Å². The van der Waals surface area contributed by atoms with Gasteiger partial charge in [-0.2, -0.15) is 5.26 Å². The third-order valence-electron chi connectivity index (χ3n) is 4.52. The second-order valence-electron chi connectivity index (χ2n) is 6.34. The highest BCUT2D eigenvalue weighted by Gasteiger charge is 2.14. The molecule has 4 aromatic rings. The van der Waals surface area contributed by atoms with Crippen LogP contribution in [0.1, 0.15) is 16.1 Å². The summed E-state index contributed by atoms with van der Waals surface area (Å²) in [4.78, 5) is 23.0. The zero-order valence-corrected chi connectivity index (χ0v) is 16.9. The molecule has 0 spiro atoms. The van der Waals surface area contributed by atoms with Crippen LogP contribution < -0.4 is 0 Å². The highest BCUT2D eigenvalue weighted by Crippen LogP contribution is 2.32. The number of halogens is 1. The summed E-state index contributed by atoms with van der Waals surface area (Å²) in [7, 11) is 0. The summed E-state index contributed by atoms with van der Waals surface area (Å²) in [5, 5.41) is 20.9. The standard InChI is InChI=1S/C22H12BrN3O4/c23-19-11-15(26(28)29)5-8-18(19)21-9-6-16(30-21)7-10-22(27)25-13-14(12-24)17-3-1-2-4-20(17)25/h1-11,13H/b10-7+. The summed E-state index contributed by atoms with van der Waals surface area (Å²) in [6.07, 6.45) is 4.41. The Morgan fingerprint density at radius 2 is 2.00 bits per heavy atom. The number of nitrogens with zero attached hydrogens (tertiary/aromatic N) is 3. The van der Waals surface area contributed by atoms with Crippen molar-refractivity contribution >= 4 is 44.5 Å². The molecule has 30 heavy (non-hydrogen) atoms. The van der Waals surface area contributed by atoms with Crippen LogP contribution in [0.15, 0.2) is 75.8 Å². The molecule has 7 nitrogen and oxygen atoms in total. The second-order valence-corrected chi connectivity index (χ2v) is 7.19. The highest BCUT2D eigenvalue weighted by atomic mass is 79.9. The van der Waals surface area contributed by atoms with Crippen LogP contribution in [0.3, 0.4) is 0 Å². The first kappa shape index (κ1) is 19.4. The Kier molecular flexibility index (Phi) is 5.04. The summed E-state index contributed by atoms with van der Waals surface area (Å²) in [6.45, 7) is 0. The number of nitro groups is 1. The van der Waals surface area contributed by atoms with Gasteiger partial charge < -0.3 is 4.42 Å². The predicted molar refractivity (Wildman–Crippen MR) is 115 cm³/mol. The minimum absolute atomic E-state index is 0.0291. The molecule has 0 aliphatic rings. The number of aromatic nitrogens is 1. The number of nitriles is 1. The molecule has 2 aromatic heterocycles. The van der Waals surface area contributed by atoms with Crippen LogP contribution in [-0.2, 0) is 0 Å². The van der Waals surface area contributed by atoms with E-state index < -0.39 is 4.92 Å². The molecule has 0 aliphatic heterocycles. The minimum atomic E-state index is -0.473. The summed E-state index contributed by atoms with van der Waals surface area (Å²) < 4.78 is 7.70. The van der Waals surface area contributed by atoms with Gasteiger partial charge in [-0.25, -0.2) is 0 Å². The maximum atomic E-state index is 12.6. The molecule has 0 amide bonds. The third-order valence-corrected chi connectivity index (χ3v) is 5.17. The van der Waals surface area contributed by atoms with Gasteiger partial charge in [-0.15, -0.1) is 0 Å². The van der Waals surface area contributed by atoms with E-state index in [0.717, 1.165) is 0 Å². The molecule has 0 saturated heterocycles. The van der Waals surface area contributed by atoms with E-state index >= 15 is 0 Å². The van der Waals surface area contributed by atoms with Gasteiger partial charge in [0.05, 0.1) is 16.0 Å². The number of carbonyl (C=O) groups is 1. The number of hydrogen-bond donors (Lipinski definition) is 0.